The largest absolute Gasteiger partial charge is 0.463 e. The third kappa shape index (κ3) is 11.6. The van der Waals surface area contributed by atoms with E-state index in [2.05, 4.69) is 10.6 Å². The van der Waals surface area contributed by atoms with E-state index >= 15 is 0 Å². The number of rotatable bonds is 13. The van der Waals surface area contributed by atoms with E-state index in [0.717, 1.165) is 19.4 Å². The molecule has 1 aliphatic heterocycles. The Morgan fingerprint density at radius 3 is 2.15 bits per heavy atom. The van der Waals surface area contributed by atoms with Crippen LogP contribution in [0, 0.1) is 0 Å². The number of nitrogens with zero attached hydrogens (tertiary/aromatic N) is 1. The maximum atomic E-state index is 12.0. The first-order valence-electron chi connectivity index (χ1n) is 12.6. The summed E-state index contributed by atoms with van der Waals surface area (Å²) in [5, 5.41) is 5.27. The highest BCUT2D eigenvalue weighted by atomic mass is 16.7. The van der Waals surface area contributed by atoms with Gasteiger partial charge in [-0.05, 0) is 12.6 Å². The molecule has 5 atom stereocenters. The number of hydrogen-bond acceptors (Lipinski definition) is 12. The Hall–Kier alpha value is -3.75. The van der Waals surface area contributed by atoms with E-state index < -0.39 is 60.6 Å². The molecule has 1 saturated heterocycles. The van der Waals surface area contributed by atoms with E-state index in [1.807, 2.05) is 30.3 Å². The molecule has 1 aliphatic rings. The lowest BCUT2D eigenvalue weighted by molar-refractivity contribution is -0.284. The van der Waals surface area contributed by atoms with Crippen molar-refractivity contribution in [1.29, 1.82) is 0 Å². The van der Waals surface area contributed by atoms with Gasteiger partial charge in [0.05, 0.1) is 0 Å². The lowest BCUT2D eigenvalue weighted by atomic mass is 9.96. The highest BCUT2D eigenvalue weighted by Crippen LogP contribution is 2.28. The fourth-order valence-electron chi connectivity index (χ4n) is 3.82. The van der Waals surface area contributed by atoms with Gasteiger partial charge < -0.3 is 39.1 Å². The molecule has 0 aliphatic carbocycles. The fourth-order valence-corrected chi connectivity index (χ4v) is 3.82. The van der Waals surface area contributed by atoms with Gasteiger partial charge >= 0.3 is 24.0 Å². The Kier molecular flexibility index (Phi) is 13.3. The normalized spacial score (nSPS) is 22.1. The molecule has 222 valence electrons. The van der Waals surface area contributed by atoms with Crippen molar-refractivity contribution in [2.24, 2.45) is 0 Å². The predicted molar refractivity (Wildman–Crippen MR) is 137 cm³/mol. The summed E-state index contributed by atoms with van der Waals surface area (Å²) in [6, 6.07) is 8.18. The van der Waals surface area contributed by atoms with Crippen molar-refractivity contribution >= 4 is 29.9 Å². The number of carbonyl (C=O) groups is 5. The highest BCUT2D eigenvalue weighted by Gasteiger charge is 2.51. The van der Waals surface area contributed by atoms with Gasteiger partial charge in [0.1, 0.15) is 32.1 Å². The zero-order valence-electron chi connectivity index (χ0n) is 23.2. The van der Waals surface area contributed by atoms with Gasteiger partial charge in [0.15, 0.2) is 18.5 Å². The maximum Gasteiger partial charge on any atom is 0.407 e. The molecular formula is C26H37N3O11. The van der Waals surface area contributed by atoms with Crippen LogP contribution in [0.3, 0.4) is 0 Å². The van der Waals surface area contributed by atoms with Gasteiger partial charge in [0.25, 0.3) is 0 Å². The molecule has 40 heavy (non-hydrogen) atoms. The molecule has 5 unspecified atom stereocenters. The van der Waals surface area contributed by atoms with Gasteiger partial charge in [-0.1, -0.05) is 30.3 Å². The minimum absolute atomic E-state index is 0.0349. The van der Waals surface area contributed by atoms with Crippen LogP contribution in [0.1, 0.15) is 33.3 Å². The van der Waals surface area contributed by atoms with Crippen LogP contribution in [0.25, 0.3) is 0 Å². The number of likely N-dealkylation sites (N-methyl/N-ethyl adjacent to an activating group) is 1. The summed E-state index contributed by atoms with van der Waals surface area (Å²) in [5.74, 6) is -2.49. The van der Waals surface area contributed by atoms with Gasteiger partial charge in [0, 0.05) is 40.8 Å². The molecule has 0 saturated carbocycles. The molecule has 0 radical (unpaired) electrons. The number of amides is 2. The maximum absolute atomic E-state index is 12.0. The first-order valence-corrected chi connectivity index (χ1v) is 12.6. The molecule has 1 aromatic carbocycles. The van der Waals surface area contributed by atoms with Crippen LogP contribution < -0.4 is 10.6 Å². The van der Waals surface area contributed by atoms with E-state index in [0.29, 0.717) is 6.54 Å². The summed E-state index contributed by atoms with van der Waals surface area (Å²) in [5.41, 5.74) is 0.861. The van der Waals surface area contributed by atoms with Crippen molar-refractivity contribution in [3.8, 4) is 0 Å². The van der Waals surface area contributed by atoms with Gasteiger partial charge in [0.2, 0.25) is 5.91 Å². The summed E-state index contributed by atoms with van der Waals surface area (Å²) in [4.78, 5) is 60.9. The van der Waals surface area contributed by atoms with Crippen LogP contribution in [0.15, 0.2) is 30.3 Å². The third-order valence-electron chi connectivity index (χ3n) is 5.51. The summed E-state index contributed by atoms with van der Waals surface area (Å²) < 4.78 is 32.9. The zero-order valence-corrected chi connectivity index (χ0v) is 23.2. The van der Waals surface area contributed by atoms with Gasteiger partial charge in [-0.3, -0.25) is 24.1 Å². The molecular weight excluding hydrogens is 530 g/mol. The number of benzene rings is 1. The van der Waals surface area contributed by atoms with Gasteiger partial charge in [-0.25, -0.2) is 4.79 Å². The average molecular weight is 568 g/mol. The molecule has 0 aromatic heterocycles. The number of esters is 3. The highest BCUT2D eigenvalue weighted by molar-refractivity contribution is 5.73. The molecule has 2 rings (SSSR count). The summed E-state index contributed by atoms with van der Waals surface area (Å²) >= 11 is 0. The van der Waals surface area contributed by atoms with Crippen LogP contribution in [-0.2, 0) is 54.2 Å². The van der Waals surface area contributed by atoms with E-state index in [-0.39, 0.29) is 26.5 Å². The van der Waals surface area contributed by atoms with Crippen molar-refractivity contribution in [3.05, 3.63) is 35.9 Å². The zero-order chi connectivity index (χ0) is 29.7. The Labute approximate surface area is 232 Å². The fraction of sp³-hybridized carbons (Fsp3) is 0.577. The SMILES string of the molecule is CC(=O)NC1C(OCN(C)CCNC(=O)OCc2ccccc2)OC(COC(C)=O)C(OC(C)=O)C1OC(C)=O. The lowest BCUT2D eigenvalue weighted by Crippen LogP contribution is -2.66. The molecule has 14 heteroatoms. The van der Waals surface area contributed by atoms with Crippen LogP contribution in [0.4, 0.5) is 4.79 Å². The third-order valence-corrected chi connectivity index (χ3v) is 5.51. The Morgan fingerprint density at radius 1 is 0.900 bits per heavy atom. The number of carbonyl (C=O) groups excluding carboxylic acids is 5. The molecule has 0 bridgehead atoms. The van der Waals surface area contributed by atoms with Crippen LogP contribution in [0.2, 0.25) is 0 Å². The van der Waals surface area contributed by atoms with Crippen molar-refractivity contribution in [3.63, 3.8) is 0 Å². The number of hydrogen-bond donors (Lipinski definition) is 2. The molecule has 1 fully saturated rings. The smallest absolute Gasteiger partial charge is 0.407 e. The van der Waals surface area contributed by atoms with E-state index in [1.165, 1.54) is 13.8 Å². The minimum Gasteiger partial charge on any atom is -0.463 e. The second-order valence-electron chi connectivity index (χ2n) is 9.08. The lowest BCUT2D eigenvalue weighted by Gasteiger charge is -2.45. The van der Waals surface area contributed by atoms with Crippen molar-refractivity contribution in [2.75, 3.05) is 33.5 Å². The predicted octanol–water partition coefficient (Wildman–Crippen LogP) is 0.475. The van der Waals surface area contributed by atoms with Crippen LogP contribution in [-0.4, -0.2) is 98.9 Å². The molecule has 0 spiro atoms. The summed E-state index contributed by atoms with van der Waals surface area (Å²) in [6.07, 6.45) is -5.25. The molecule has 2 amide bonds. The minimum atomic E-state index is -1.21. The average Bonchev–Trinajstić information content (AvgIpc) is 2.87. The second kappa shape index (κ2) is 16.4. The summed E-state index contributed by atoms with van der Waals surface area (Å²) in [6.45, 7) is 5.14. The Bertz CT molecular complexity index is 1010. The molecule has 2 N–H and O–H groups in total. The van der Waals surface area contributed by atoms with Crippen molar-refractivity contribution in [2.45, 2.75) is 64.9 Å². The van der Waals surface area contributed by atoms with Crippen LogP contribution >= 0.6 is 0 Å². The van der Waals surface area contributed by atoms with Crippen molar-refractivity contribution in [1.82, 2.24) is 15.5 Å². The molecule has 1 aromatic rings. The Balaban J connectivity index is 2.02. The second-order valence-corrected chi connectivity index (χ2v) is 9.08. The van der Waals surface area contributed by atoms with Crippen LogP contribution in [0.5, 0.6) is 0 Å². The monoisotopic (exact) mass is 567 g/mol. The Morgan fingerprint density at radius 2 is 1.55 bits per heavy atom. The first kappa shape index (κ1) is 32.5. The molecule has 1 heterocycles. The van der Waals surface area contributed by atoms with E-state index in [4.69, 9.17) is 28.4 Å². The van der Waals surface area contributed by atoms with E-state index in [1.54, 1.807) is 11.9 Å². The summed E-state index contributed by atoms with van der Waals surface area (Å²) in [7, 11) is 1.72. The number of ether oxygens (including phenoxy) is 6. The molecule has 14 nitrogen and oxygen atoms in total. The van der Waals surface area contributed by atoms with Crippen molar-refractivity contribution < 1.29 is 52.4 Å². The first-order chi connectivity index (χ1) is 19.0. The quantitative estimate of drug-likeness (QED) is 0.192. The standard InChI is InChI=1S/C26H37N3O11/c1-16(30)28-22-24(39-19(4)33)23(38-18(3)32)21(14-35-17(2)31)40-25(22)37-15-29(5)12-11-27-26(34)36-13-20-9-7-6-8-10-20/h6-10,21-25H,11-15H2,1-5H3,(H,27,34)(H,28,30). The van der Waals surface area contributed by atoms with Gasteiger partial charge in [-0.15, -0.1) is 0 Å². The number of nitrogens with one attached hydrogen (secondary N) is 2. The topological polar surface area (TPSA) is 168 Å². The van der Waals surface area contributed by atoms with Gasteiger partial charge in [-0.2, -0.15) is 0 Å². The number of alkyl carbamates (subject to hydrolysis) is 1. The van der Waals surface area contributed by atoms with E-state index in [9.17, 15) is 24.0 Å².